The normalized spacial score (nSPS) is 11.2. The first-order chi connectivity index (χ1) is 14.2. The van der Waals surface area contributed by atoms with Gasteiger partial charge in [0.25, 0.3) is 0 Å². The lowest BCUT2D eigenvalue weighted by Gasteiger charge is -2.11. The van der Waals surface area contributed by atoms with Crippen molar-refractivity contribution in [2.45, 2.75) is 19.5 Å². The lowest BCUT2D eigenvalue weighted by Crippen LogP contribution is -2.11. The number of amides is 1. The van der Waals surface area contributed by atoms with Gasteiger partial charge in [0.1, 0.15) is 5.82 Å². The largest absolute Gasteiger partial charge is 0.464 e. The van der Waals surface area contributed by atoms with Crippen LogP contribution in [-0.4, -0.2) is 27.5 Å². The Balaban J connectivity index is 1.90. The molecule has 0 saturated carbocycles. The van der Waals surface area contributed by atoms with E-state index in [1.54, 1.807) is 31.2 Å². The van der Waals surface area contributed by atoms with Crippen LogP contribution in [-0.2, 0) is 12.6 Å². The number of ether oxygens (including phenoxy) is 1. The van der Waals surface area contributed by atoms with Gasteiger partial charge in [-0.15, -0.1) is 0 Å². The van der Waals surface area contributed by atoms with Crippen molar-refractivity contribution in [2.75, 3.05) is 11.9 Å². The lowest BCUT2D eigenvalue weighted by molar-refractivity contribution is -0.137. The molecular weight excluding hydrogens is 399 g/mol. The molecule has 3 rings (SSSR count). The zero-order valence-electron chi connectivity index (χ0n) is 15.9. The van der Waals surface area contributed by atoms with Gasteiger partial charge in [0.15, 0.2) is 0 Å². The van der Waals surface area contributed by atoms with Crippen molar-refractivity contribution in [3.63, 3.8) is 0 Å². The minimum absolute atomic E-state index is 0.0306. The van der Waals surface area contributed by atoms with Gasteiger partial charge in [-0.05, 0) is 42.8 Å². The molecule has 1 heterocycles. The maximum atomic E-state index is 12.9. The lowest BCUT2D eigenvalue weighted by atomic mass is 10.1. The topological polar surface area (TPSA) is 103 Å². The minimum atomic E-state index is -4.47. The van der Waals surface area contributed by atoms with Crippen LogP contribution >= 0.6 is 0 Å². The molecule has 7 nitrogen and oxygen atoms in total. The number of anilines is 2. The summed E-state index contributed by atoms with van der Waals surface area (Å²) in [5, 5.41) is 2.75. The number of rotatable bonds is 7. The van der Waals surface area contributed by atoms with Crippen LogP contribution < -0.4 is 15.8 Å². The Kier molecular flexibility index (Phi) is 6.14. The first-order valence-corrected chi connectivity index (χ1v) is 8.95. The van der Waals surface area contributed by atoms with Gasteiger partial charge in [-0.25, -0.2) is 0 Å². The fourth-order valence-electron chi connectivity index (χ4n) is 2.65. The van der Waals surface area contributed by atoms with Gasteiger partial charge in [0, 0.05) is 17.7 Å². The number of nitrogens with two attached hydrogens (primary N) is 1. The predicted octanol–water partition coefficient (Wildman–Crippen LogP) is 3.72. The number of aromatic nitrogens is 3. The predicted molar refractivity (Wildman–Crippen MR) is 103 cm³/mol. The van der Waals surface area contributed by atoms with E-state index in [0.717, 1.165) is 17.7 Å². The zero-order chi connectivity index (χ0) is 21.7. The molecule has 30 heavy (non-hydrogen) atoms. The van der Waals surface area contributed by atoms with Crippen LogP contribution in [0.2, 0.25) is 0 Å². The van der Waals surface area contributed by atoms with E-state index in [-0.39, 0.29) is 24.1 Å². The SMILES string of the molecule is CCOc1nc(Cc2cccc(C(N)=O)c2)nc(Nc2cccc(C(F)(F)F)c2)n1. The molecule has 2 aromatic carbocycles. The molecule has 0 aliphatic carbocycles. The number of nitrogens with one attached hydrogen (secondary N) is 1. The van der Waals surface area contributed by atoms with Crippen molar-refractivity contribution >= 4 is 17.5 Å². The molecule has 1 amide bonds. The van der Waals surface area contributed by atoms with Gasteiger partial charge in [0.05, 0.1) is 12.2 Å². The van der Waals surface area contributed by atoms with Gasteiger partial charge in [-0.1, -0.05) is 18.2 Å². The third-order valence-corrected chi connectivity index (χ3v) is 3.95. The van der Waals surface area contributed by atoms with Crippen LogP contribution in [0.4, 0.5) is 24.8 Å². The van der Waals surface area contributed by atoms with Crippen molar-refractivity contribution in [1.29, 1.82) is 0 Å². The molecule has 3 aromatic rings. The van der Waals surface area contributed by atoms with Crippen molar-refractivity contribution in [2.24, 2.45) is 5.73 Å². The number of nitrogens with zero attached hydrogens (tertiary/aromatic N) is 3. The summed E-state index contributed by atoms with van der Waals surface area (Å²) in [6.45, 7) is 2.04. The first-order valence-electron chi connectivity index (χ1n) is 8.95. The highest BCUT2D eigenvalue weighted by Gasteiger charge is 2.30. The summed E-state index contributed by atoms with van der Waals surface area (Å²) in [4.78, 5) is 23.9. The molecular formula is C20H18F3N5O2. The summed E-state index contributed by atoms with van der Waals surface area (Å²) in [5.74, 6) is -0.215. The summed E-state index contributed by atoms with van der Waals surface area (Å²) in [5.41, 5.74) is 5.74. The number of carbonyl (C=O) groups is 1. The van der Waals surface area contributed by atoms with Crippen molar-refractivity contribution < 1.29 is 22.7 Å². The fourth-order valence-corrected chi connectivity index (χ4v) is 2.65. The second kappa shape index (κ2) is 8.76. The van der Waals surface area contributed by atoms with E-state index in [2.05, 4.69) is 20.3 Å². The summed E-state index contributed by atoms with van der Waals surface area (Å²) in [6, 6.07) is 11.4. The Morgan fingerprint density at radius 2 is 1.87 bits per heavy atom. The molecule has 3 N–H and O–H groups in total. The average molecular weight is 417 g/mol. The molecule has 0 unspecified atom stereocenters. The summed E-state index contributed by atoms with van der Waals surface area (Å²) >= 11 is 0. The van der Waals surface area contributed by atoms with Crippen LogP contribution in [0.25, 0.3) is 0 Å². The zero-order valence-corrected chi connectivity index (χ0v) is 15.9. The fraction of sp³-hybridized carbons (Fsp3) is 0.200. The maximum Gasteiger partial charge on any atom is 0.416 e. The second-order valence-electron chi connectivity index (χ2n) is 6.24. The number of primary amides is 1. The van der Waals surface area contributed by atoms with Crippen molar-refractivity contribution in [3.05, 3.63) is 71.0 Å². The highest BCUT2D eigenvalue weighted by molar-refractivity contribution is 5.92. The highest BCUT2D eigenvalue weighted by Crippen LogP contribution is 2.31. The molecule has 0 bridgehead atoms. The van der Waals surface area contributed by atoms with Gasteiger partial charge in [-0.3, -0.25) is 4.79 Å². The number of halogens is 3. The van der Waals surface area contributed by atoms with E-state index in [0.29, 0.717) is 18.0 Å². The summed E-state index contributed by atoms with van der Waals surface area (Å²) in [6.07, 6.45) is -4.23. The molecule has 0 atom stereocenters. The monoisotopic (exact) mass is 417 g/mol. The van der Waals surface area contributed by atoms with Crippen LogP contribution in [0.5, 0.6) is 6.01 Å². The number of benzene rings is 2. The molecule has 10 heteroatoms. The summed E-state index contributed by atoms with van der Waals surface area (Å²) in [7, 11) is 0. The Morgan fingerprint density at radius 1 is 1.10 bits per heavy atom. The Hall–Kier alpha value is -3.69. The van der Waals surface area contributed by atoms with Crippen molar-refractivity contribution in [3.8, 4) is 6.01 Å². The molecule has 1 aromatic heterocycles. The van der Waals surface area contributed by atoms with Gasteiger partial charge in [-0.2, -0.15) is 28.1 Å². The van der Waals surface area contributed by atoms with Crippen LogP contribution in [0.3, 0.4) is 0 Å². The molecule has 0 spiro atoms. The number of hydrogen-bond donors (Lipinski definition) is 2. The smallest absolute Gasteiger partial charge is 0.416 e. The van der Waals surface area contributed by atoms with Gasteiger partial charge < -0.3 is 15.8 Å². The molecule has 0 fully saturated rings. The number of alkyl halides is 3. The summed E-state index contributed by atoms with van der Waals surface area (Å²) < 4.78 is 44.2. The highest BCUT2D eigenvalue weighted by atomic mass is 19.4. The molecule has 0 aliphatic rings. The molecule has 0 radical (unpaired) electrons. The number of hydrogen-bond acceptors (Lipinski definition) is 6. The molecule has 0 aliphatic heterocycles. The molecule has 0 saturated heterocycles. The average Bonchev–Trinajstić information content (AvgIpc) is 2.68. The van der Waals surface area contributed by atoms with Crippen LogP contribution in [0, 0.1) is 0 Å². The standard InChI is InChI=1S/C20H18F3N5O2/c1-2-30-19-27-16(10-12-5-3-6-13(9-12)17(24)29)26-18(28-19)25-15-8-4-7-14(11-15)20(21,22)23/h3-9,11H,2,10H2,1H3,(H2,24,29)(H,25,26,27,28). The van der Waals surface area contributed by atoms with E-state index in [4.69, 9.17) is 10.5 Å². The van der Waals surface area contributed by atoms with E-state index in [1.165, 1.54) is 12.1 Å². The third-order valence-electron chi connectivity index (χ3n) is 3.95. The molecule has 156 valence electrons. The van der Waals surface area contributed by atoms with E-state index < -0.39 is 17.6 Å². The Labute approximate surface area is 170 Å². The third kappa shape index (κ3) is 5.43. The maximum absolute atomic E-state index is 12.9. The quantitative estimate of drug-likeness (QED) is 0.607. The van der Waals surface area contributed by atoms with Crippen molar-refractivity contribution in [1.82, 2.24) is 15.0 Å². The minimum Gasteiger partial charge on any atom is -0.464 e. The van der Waals surface area contributed by atoms with E-state index in [1.807, 2.05) is 0 Å². The van der Waals surface area contributed by atoms with Gasteiger partial charge in [0.2, 0.25) is 11.9 Å². The van der Waals surface area contributed by atoms with Gasteiger partial charge >= 0.3 is 12.2 Å². The Bertz CT molecular complexity index is 1060. The van der Waals surface area contributed by atoms with Crippen LogP contribution in [0.15, 0.2) is 48.5 Å². The van der Waals surface area contributed by atoms with Crippen LogP contribution in [0.1, 0.15) is 34.2 Å². The second-order valence-corrected chi connectivity index (χ2v) is 6.24. The first kappa shape index (κ1) is 21.0. The van der Waals surface area contributed by atoms with E-state index in [9.17, 15) is 18.0 Å². The Morgan fingerprint density at radius 3 is 2.57 bits per heavy atom. The van der Waals surface area contributed by atoms with E-state index >= 15 is 0 Å². The number of carbonyl (C=O) groups excluding carboxylic acids is 1.